The molecule has 0 saturated carbocycles. The number of nitrogens with zero attached hydrogens (tertiary/aromatic N) is 2. The summed E-state index contributed by atoms with van der Waals surface area (Å²) in [5, 5.41) is 0. The normalized spacial score (nSPS) is 19.1. The summed E-state index contributed by atoms with van der Waals surface area (Å²) in [6, 6.07) is 0.529. The molecule has 1 aliphatic heterocycles. The maximum Gasteiger partial charge on any atom is 0.516 e. The first-order valence-electron chi connectivity index (χ1n) is 7.95. The maximum atomic E-state index is 14.4. The number of benzene rings is 1. The highest BCUT2D eigenvalue weighted by atomic mass is 32.2. The molecule has 1 atom stereocenters. The smallest absolute Gasteiger partial charge is 0.356 e. The number of halogens is 7. The van der Waals surface area contributed by atoms with Gasteiger partial charge in [-0.25, -0.2) is 8.70 Å². The summed E-state index contributed by atoms with van der Waals surface area (Å²) >= 11 is 0.393. The van der Waals surface area contributed by atoms with Crippen LogP contribution < -0.4 is 4.90 Å². The van der Waals surface area contributed by atoms with Crippen LogP contribution in [0.25, 0.3) is 0 Å². The van der Waals surface area contributed by atoms with E-state index in [-0.39, 0.29) is 20.5 Å². The molecule has 0 spiro atoms. The Morgan fingerprint density at radius 3 is 2.24 bits per heavy atom. The van der Waals surface area contributed by atoms with Crippen molar-refractivity contribution in [3.8, 4) is 0 Å². The van der Waals surface area contributed by atoms with Gasteiger partial charge in [0.1, 0.15) is 11.9 Å². The predicted molar refractivity (Wildman–Crippen MR) is 91.4 cm³/mol. The van der Waals surface area contributed by atoms with Crippen LogP contribution in [0.3, 0.4) is 0 Å². The number of hydrogen-bond donors (Lipinski definition) is 0. The van der Waals surface area contributed by atoms with Gasteiger partial charge < -0.3 is 4.90 Å². The zero-order valence-electron chi connectivity index (χ0n) is 14.9. The summed E-state index contributed by atoms with van der Waals surface area (Å²) in [5.41, 5.74) is -5.77. The van der Waals surface area contributed by atoms with Crippen molar-refractivity contribution in [3.63, 3.8) is 0 Å². The lowest BCUT2D eigenvalue weighted by molar-refractivity contribution is -0.130. The van der Waals surface area contributed by atoms with Crippen LogP contribution in [0.2, 0.25) is 0 Å². The number of alkyl halides is 6. The number of thioether (sulfide) groups is 1. The molecule has 1 fully saturated rings. The van der Waals surface area contributed by atoms with Crippen molar-refractivity contribution in [2.45, 2.75) is 36.5 Å². The zero-order chi connectivity index (χ0) is 22.4. The molecule has 1 unspecified atom stereocenters. The Balaban J connectivity index is 2.34. The molecular formula is C15H15F7N2O3S2. The van der Waals surface area contributed by atoms with Gasteiger partial charge in [0.15, 0.2) is 0 Å². The summed E-state index contributed by atoms with van der Waals surface area (Å²) in [6.45, 7) is 1.12. The quantitative estimate of drug-likeness (QED) is 0.499. The SMILES string of the molecule is Cc1cc(F)c(N2CCN(S(=O)(=O)C(F)(F)F)C(=O)C2C)cc1SCC(F)(F)F. The van der Waals surface area contributed by atoms with E-state index in [2.05, 4.69) is 0 Å². The Morgan fingerprint density at radius 1 is 1.14 bits per heavy atom. The molecule has 1 aromatic rings. The molecule has 0 N–H and O–H groups in total. The maximum absolute atomic E-state index is 14.4. The molecule has 1 aliphatic rings. The Kier molecular flexibility index (Phi) is 6.38. The second-order valence-corrected chi connectivity index (χ2v) is 9.07. The first kappa shape index (κ1) is 23.6. The van der Waals surface area contributed by atoms with Gasteiger partial charge in [0.2, 0.25) is 0 Å². The Hall–Kier alpha value is -1.70. The second-order valence-electron chi connectivity index (χ2n) is 6.20. The minimum atomic E-state index is -5.90. The van der Waals surface area contributed by atoms with Crippen LogP contribution >= 0.6 is 11.8 Å². The summed E-state index contributed by atoms with van der Waals surface area (Å²) in [5.74, 6) is -3.56. The van der Waals surface area contributed by atoms with Crippen LogP contribution in [0.4, 0.5) is 36.4 Å². The molecule has 2 rings (SSSR count). The van der Waals surface area contributed by atoms with Gasteiger partial charge >= 0.3 is 21.7 Å². The van der Waals surface area contributed by atoms with Crippen molar-refractivity contribution < 1.29 is 43.9 Å². The van der Waals surface area contributed by atoms with Crippen LogP contribution in [0, 0.1) is 12.7 Å². The van der Waals surface area contributed by atoms with Crippen molar-refractivity contribution in [2.24, 2.45) is 0 Å². The lowest BCUT2D eigenvalue weighted by atomic mass is 10.1. The highest BCUT2D eigenvalue weighted by Gasteiger charge is 2.54. The summed E-state index contributed by atoms with van der Waals surface area (Å²) < 4.78 is 113. The van der Waals surface area contributed by atoms with Crippen molar-refractivity contribution in [1.82, 2.24) is 4.31 Å². The molecule has 1 heterocycles. The molecule has 1 amide bonds. The Morgan fingerprint density at radius 2 is 1.72 bits per heavy atom. The lowest BCUT2D eigenvalue weighted by Gasteiger charge is -2.40. The van der Waals surface area contributed by atoms with Crippen LogP contribution in [0.5, 0.6) is 0 Å². The average Bonchev–Trinajstić information content (AvgIpc) is 2.55. The lowest BCUT2D eigenvalue weighted by Crippen LogP contribution is -2.59. The van der Waals surface area contributed by atoms with E-state index < -0.39 is 58.3 Å². The molecule has 5 nitrogen and oxygen atoms in total. The zero-order valence-corrected chi connectivity index (χ0v) is 16.6. The van der Waals surface area contributed by atoms with E-state index in [0.717, 1.165) is 24.0 Å². The van der Waals surface area contributed by atoms with Gasteiger partial charge in [0.25, 0.3) is 5.91 Å². The molecule has 0 aromatic heterocycles. The van der Waals surface area contributed by atoms with E-state index in [1.54, 1.807) is 0 Å². The van der Waals surface area contributed by atoms with E-state index in [0.29, 0.717) is 11.8 Å². The number of rotatable bonds is 4. The summed E-state index contributed by atoms with van der Waals surface area (Å²) in [7, 11) is -5.90. The van der Waals surface area contributed by atoms with Crippen LogP contribution in [-0.2, 0) is 14.8 Å². The fourth-order valence-corrected chi connectivity index (χ4v) is 4.48. The van der Waals surface area contributed by atoms with Crippen molar-refractivity contribution in [1.29, 1.82) is 0 Å². The minimum Gasteiger partial charge on any atom is -0.356 e. The van der Waals surface area contributed by atoms with Crippen LogP contribution in [-0.4, -0.2) is 55.2 Å². The Labute approximate surface area is 165 Å². The van der Waals surface area contributed by atoms with Crippen molar-refractivity contribution >= 4 is 33.4 Å². The molecule has 0 aliphatic carbocycles. The van der Waals surface area contributed by atoms with Crippen molar-refractivity contribution in [2.75, 3.05) is 23.7 Å². The fraction of sp³-hybridized carbons (Fsp3) is 0.533. The number of sulfonamides is 1. The van der Waals surface area contributed by atoms with Gasteiger partial charge in [-0.1, -0.05) is 0 Å². The molecule has 29 heavy (non-hydrogen) atoms. The van der Waals surface area contributed by atoms with E-state index in [1.807, 2.05) is 0 Å². The van der Waals surface area contributed by atoms with Gasteiger partial charge in [-0.05, 0) is 31.5 Å². The molecule has 0 radical (unpaired) electrons. The number of aryl methyl sites for hydroxylation is 1. The molecule has 1 saturated heterocycles. The van der Waals surface area contributed by atoms with E-state index in [1.165, 1.54) is 6.92 Å². The topological polar surface area (TPSA) is 57.7 Å². The number of piperazine rings is 1. The minimum absolute atomic E-state index is 0.0729. The largest absolute Gasteiger partial charge is 0.516 e. The number of amides is 1. The third kappa shape index (κ3) is 4.90. The highest BCUT2D eigenvalue weighted by molar-refractivity contribution is 7.99. The number of hydrogen-bond acceptors (Lipinski definition) is 5. The number of carbonyl (C=O) groups excluding carboxylic acids is 1. The number of anilines is 1. The highest BCUT2D eigenvalue weighted by Crippen LogP contribution is 2.36. The second kappa shape index (κ2) is 7.85. The van der Waals surface area contributed by atoms with E-state index in [4.69, 9.17) is 0 Å². The Bertz CT molecular complexity index is 900. The van der Waals surface area contributed by atoms with Gasteiger partial charge in [-0.15, -0.1) is 11.8 Å². The third-order valence-electron chi connectivity index (χ3n) is 4.14. The summed E-state index contributed by atoms with van der Waals surface area (Å²) in [6.07, 6.45) is -4.48. The molecule has 164 valence electrons. The molecule has 0 bridgehead atoms. The van der Waals surface area contributed by atoms with Crippen molar-refractivity contribution in [3.05, 3.63) is 23.5 Å². The predicted octanol–water partition coefficient (Wildman–Crippen LogP) is 3.68. The van der Waals surface area contributed by atoms with E-state index >= 15 is 0 Å². The van der Waals surface area contributed by atoms with Crippen LogP contribution in [0.15, 0.2) is 17.0 Å². The van der Waals surface area contributed by atoms with Gasteiger partial charge in [-0.3, -0.25) is 4.79 Å². The monoisotopic (exact) mass is 468 g/mol. The first-order chi connectivity index (χ1) is 13.1. The van der Waals surface area contributed by atoms with Gasteiger partial charge in [-0.2, -0.15) is 34.8 Å². The van der Waals surface area contributed by atoms with Gasteiger partial charge in [0, 0.05) is 11.4 Å². The number of carbonyl (C=O) groups is 1. The van der Waals surface area contributed by atoms with E-state index in [9.17, 15) is 43.9 Å². The molecule has 1 aromatic carbocycles. The molecule has 14 heteroatoms. The van der Waals surface area contributed by atoms with Crippen LogP contribution in [0.1, 0.15) is 12.5 Å². The standard InChI is InChI=1S/C15H15F7N2O3S2/c1-8-5-10(16)11(6-12(8)28-7-14(17,18)19)23-3-4-24(13(25)9(23)2)29(26,27)15(20,21)22/h5-6,9H,3-4,7H2,1-2H3. The molecular weight excluding hydrogens is 453 g/mol. The summed E-state index contributed by atoms with van der Waals surface area (Å²) in [4.78, 5) is 13.3. The third-order valence-corrected chi connectivity index (χ3v) is 6.89. The first-order valence-corrected chi connectivity index (χ1v) is 10.4. The van der Waals surface area contributed by atoms with Gasteiger partial charge in [0.05, 0.1) is 18.0 Å². The average molecular weight is 468 g/mol. The fourth-order valence-electron chi connectivity index (χ4n) is 2.71.